The fourth-order valence-electron chi connectivity index (χ4n) is 1.30. The van der Waals surface area contributed by atoms with Gasteiger partial charge in [0.1, 0.15) is 5.82 Å². The highest BCUT2D eigenvalue weighted by Gasteiger charge is 2.11. The minimum Gasteiger partial charge on any atom is -0.388 e. The van der Waals surface area contributed by atoms with Crippen molar-refractivity contribution in [1.82, 2.24) is 4.98 Å². The maximum Gasteiger partial charge on any atom is 0.129 e. The lowest BCUT2D eigenvalue weighted by Crippen LogP contribution is -2.04. The second kappa shape index (κ2) is 5.17. The molecule has 0 saturated carbocycles. The number of aliphatic hydroxyl groups excluding tert-OH is 1. The van der Waals surface area contributed by atoms with E-state index in [4.69, 9.17) is 17.3 Å². The zero-order chi connectivity index (χ0) is 10.6. The van der Waals surface area contributed by atoms with Crippen molar-refractivity contribution in [3.8, 4) is 0 Å². The summed E-state index contributed by atoms with van der Waals surface area (Å²) >= 11 is 5.55. The first kappa shape index (κ1) is 11.3. The Balaban J connectivity index is 2.77. The van der Waals surface area contributed by atoms with E-state index in [0.717, 1.165) is 12.0 Å². The normalized spacial score (nSPS) is 12.8. The molecule has 1 aromatic heterocycles. The first-order chi connectivity index (χ1) is 6.65. The molecule has 0 aliphatic rings. The van der Waals surface area contributed by atoms with E-state index < -0.39 is 6.10 Å². The number of nitrogens with zero attached hydrogens (tertiary/aromatic N) is 1. The van der Waals surface area contributed by atoms with Gasteiger partial charge in [0.05, 0.1) is 6.10 Å². The first-order valence-electron chi connectivity index (χ1n) is 4.61. The molecule has 0 aromatic carbocycles. The molecule has 0 aliphatic heterocycles. The predicted molar refractivity (Wildman–Crippen MR) is 58.3 cm³/mol. The number of nitrogen functional groups attached to an aromatic ring is 1. The van der Waals surface area contributed by atoms with Gasteiger partial charge in [0.25, 0.3) is 0 Å². The zero-order valence-electron chi connectivity index (χ0n) is 8.20. The van der Waals surface area contributed by atoms with E-state index in [1.165, 1.54) is 0 Å². The number of pyridine rings is 1. The summed E-state index contributed by atoms with van der Waals surface area (Å²) in [6.07, 6.45) is 2.53. The van der Waals surface area contributed by atoms with Crippen LogP contribution in [0.2, 0.25) is 0 Å². The number of nitrogens with two attached hydrogens (primary N) is 1. The number of alkyl halides is 1. The number of halogens is 1. The number of aliphatic hydroxyl groups is 1. The molecule has 1 heterocycles. The standard InChI is InChI=1S/C10H15ClN2O/c1-7-5-8(10(12)13-6-7)9(14)3-2-4-11/h5-6,9,14H,2-4H2,1H3,(H2,12,13). The van der Waals surface area contributed by atoms with E-state index in [2.05, 4.69) is 4.98 Å². The molecule has 3 nitrogen and oxygen atoms in total. The third kappa shape index (κ3) is 2.86. The molecule has 1 unspecified atom stereocenters. The molecule has 0 aliphatic carbocycles. The highest BCUT2D eigenvalue weighted by atomic mass is 35.5. The Hall–Kier alpha value is -0.800. The monoisotopic (exact) mass is 214 g/mol. The lowest BCUT2D eigenvalue weighted by molar-refractivity contribution is 0.167. The maximum absolute atomic E-state index is 9.78. The Bertz CT molecular complexity index is 304. The van der Waals surface area contributed by atoms with E-state index in [-0.39, 0.29) is 0 Å². The van der Waals surface area contributed by atoms with Crippen molar-refractivity contribution in [2.24, 2.45) is 0 Å². The molecule has 0 radical (unpaired) electrons. The number of hydrogen-bond acceptors (Lipinski definition) is 3. The van der Waals surface area contributed by atoms with Gasteiger partial charge in [-0.2, -0.15) is 0 Å². The lowest BCUT2D eigenvalue weighted by Gasteiger charge is -2.12. The maximum atomic E-state index is 9.78. The van der Waals surface area contributed by atoms with Crippen molar-refractivity contribution in [2.45, 2.75) is 25.9 Å². The lowest BCUT2D eigenvalue weighted by atomic mass is 10.0. The van der Waals surface area contributed by atoms with Gasteiger partial charge in [-0.15, -0.1) is 11.6 Å². The number of rotatable bonds is 4. The Morgan fingerprint density at radius 3 is 3.00 bits per heavy atom. The van der Waals surface area contributed by atoms with Gasteiger partial charge in [-0.25, -0.2) is 4.98 Å². The van der Waals surface area contributed by atoms with Crippen LogP contribution in [-0.4, -0.2) is 16.0 Å². The predicted octanol–water partition coefficient (Wildman–Crippen LogP) is 2.02. The van der Waals surface area contributed by atoms with Gasteiger partial charge in [-0.05, 0) is 31.4 Å². The van der Waals surface area contributed by atoms with Crippen molar-refractivity contribution < 1.29 is 5.11 Å². The number of hydrogen-bond donors (Lipinski definition) is 2. The molecule has 0 amide bonds. The Kier molecular flexibility index (Phi) is 4.17. The van der Waals surface area contributed by atoms with Gasteiger partial charge in [-0.3, -0.25) is 0 Å². The minimum atomic E-state index is -0.554. The summed E-state index contributed by atoms with van der Waals surface area (Å²) < 4.78 is 0. The van der Waals surface area contributed by atoms with Gasteiger partial charge in [0.2, 0.25) is 0 Å². The average Bonchev–Trinajstić information content (AvgIpc) is 2.18. The summed E-state index contributed by atoms with van der Waals surface area (Å²) in [5.74, 6) is 0.952. The van der Waals surface area contributed by atoms with E-state index in [0.29, 0.717) is 23.7 Å². The largest absolute Gasteiger partial charge is 0.388 e. The average molecular weight is 215 g/mol. The molecule has 1 rings (SSSR count). The first-order valence-corrected chi connectivity index (χ1v) is 5.14. The van der Waals surface area contributed by atoms with Crippen LogP contribution >= 0.6 is 11.6 Å². The molecule has 4 heteroatoms. The smallest absolute Gasteiger partial charge is 0.129 e. The van der Waals surface area contributed by atoms with Gasteiger partial charge in [0.15, 0.2) is 0 Å². The Labute approximate surface area is 88.9 Å². The van der Waals surface area contributed by atoms with E-state index in [1.54, 1.807) is 6.20 Å². The summed E-state index contributed by atoms with van der Waals surface area (Å²) in [4.78, 5) is 3.99. The third-order valence-corrected chi connectivity index (χ3v) is 2.32. The van der Waals surface area contributed by atoms with Gasteiger partial charge in [0, 0.05) is 17.6 Å². The van der Waals surface area contributed by atoms with Crippen molar-refractivity contribution in [3.05, 3.63) is 23.4 Å². The minimum absolute atomic E-state index is 0.401. The fraction of sp³-hybridized carbons (Fsp3) is 0.500. The number of aromatic nitrogens is 1. The molecule has 0 fully saturated rings. The molecule has 0 bridgehead atoms. The summed E-state index contributed by atoms with van der Waals surface area (Å²) in [6.45, 7) is 1.92. The highest BCUT2D eigenvalue weighted by molar-refractivity contribution is 6.17. The van der Waals surface area contributed by atoms with E-state index in [1.807, 2.05) is 13.0 Å². The van der Waals surface area contributed by atoms with Crippen molar-refractivity contribution in [3.63, 3.8) is 0 Å². The van der Waals surface area contributed by atoms with Crippen molar-refractivity contribution in [2.75, 3.05) is 11.6 Å². The van der Waals surface area contributed by atoms with Crippen LogP contribution in [0.25, 0.3) is 0 Å². The quantitative estimate of drug-likeness (QED) is 0.754. The van der Waals surface area contributed by atoms with Crippen LogP contribution < -0.4 is 5.73 Å². The molecule has 14 heavy (non-hydrogen) atoms. The van der Waals surface area contributed by atoms with Crippen LogP contribution in [-0.2, 0) is 0 Å². The van der Waals surface area contributed by atoms with Crippen LogP contribution in [0.4, 0.5) is 5.82 Å². The second-order valence-corrected chi connectivity index (χ2v) is 3.71. The van der Waals surface area contributed by atoms with Crippen molar-refractivity contribution >= 4 is 17.4 Å². The Morgan fingerprint density at radius 1 is 1.64 bits per heavy atom. The van der Waals surface area contributed by atoms with E-state index >= 15 is 0 Å². The van der Waals surface area contributed by atoms with E-state index in [9.17, 15) is 5.11 Å². The van der Waals surface area contributed by atoms with Crippen molar-refractivity contribution in [1.29, 1.82) is 0 Å². The summed E-state index contributed by atoms with van der Waals surface area (Å²) in [7, 11) is 0. The number of aryl methyl sites for hydroxylation is 1. The zero-order valence-corrected chi connectivity index (χ0v) is 8.96. The van der Waals surface area contributed by atoms with Gasteiger partial charge >= 0.3 is 0 Å². The van der Waals surface area contributed by atoms with Crippen LogP contribution in [0.15, 0.2) is 12.3 Å². The third-order valence-electron chi connectivity index (χ3n) is 2.06. The molecule has 1 atom stereocenters. The van der Waals surface area contributed by atoms with Crippen LogP contribution in [0.1, 0.15) is 30.1 Å². The number of anilines is 1. The van der Waals surface area contributed by atoms with Gasteiger partial charge in [-0.1, -0.05) is 0 Å². The Morgan fingerprint density at radius 2 is 2.36 bits per heavy atom. The molecule has 1 aromatic rings. The molecule has 0 saturated heterocycles. The molecule has 0 spiro atoms. The molecule has 3 N–H and O–H groups in total. The summed E-state index contributed by atoms with van der Waals surface area (Å²) in [6, 6.07) is 1.86. The summed E-state index contributed by atoms with van der Waals surface area (Å²) in [5.41, 5.74) is 7.36. The molecule has 78 valence electrons. The van der Waals surface area contributed by atoms with Crippen LogP contribution in [0, 0.1) is 6.92 Å². The van der Waals surface area contributed by atoms with Crippen LogP contribution in [0.3, 0.4) is 0 Å². The van der Waals surface area contributed by atoms with Gasteiger partial charge < -0.3 is 10.8 Å². The summed E-state index contributed by atoms with van der Waals surface area (Å²) in [5, 5.41) is 9.78. The SMILES string of the molecule is Cc1cnc(N)c(C(O)CCCCl)c1. The molecular weight excluding hydrogens is 200 g/mol. The second-order valence-electron chi connectivity index (χ2n) is 3.33. The van der Waals surface area contributed by atoms with Crippen LogP contribution in [0.5, 0.6) is 0 Å². The molecular formula is C10H15ClN2O. The fourth-order valence-corrected chi connectivity index (χ4v) is 1.45. The highest BCUT2D eigenvalue weighted by Crippen LogP contribution is 2.23. The topological polar surface area (TPSA) is 59.1 Å².